The molecule has 0 saturated carbocycles. The first-order valence-corrected chi connectivity index (χ1v) is 6.39. The van der Waals surface area contributed by atoms with E-state index in [1.807, 2.05) is 0 Å². The van der Waals surface area contributed by atoms with Crippen LogP contribution in [-0.2, 0) is 4.74 Å². The van der Waals surface area contributed by atoms with Crippen LogP contribution in [0.15, 0.2) is 6.20 Å². The van der Waals surface area contributed by atoms with E-state index >= 15 is 0 Å². The lowest BCUT2D eigenvalue weighted by Crippen LogP contribution is -2.48. The highest BCUT2D eigenvalue weighted by molar-refractivity contribution is 7.72. The number of ether oxygens (including phenoxy) is 1. The molecule has 1 aliphatic rings. The van der Waals surface area contributed by atoms with Crippen LogP contribution >= 0.6 is 24.4 Å². The lowest BCUT2D eigenvalue weighted by atomic mass is 9.98. The minimum atomic E-state index is -1.97. The van der Waals surface area contributed by atoms with Crippen molar-refractivity contribution in [2.24, 2.45) is 0 Å². The summed E-state index contributed by atoms with van der Waals surface area (Å²) in [6, 6.07) is 0. The van der Waals surface area contributed by atoms with Crippen LogP contribution in [0.1, 0.15) is 6.23 Å². The van der Waals surface area contributed by atoms with Crippen LogP contribution in [-0.4, -0.2) is 56.0 Å². The molecule has 1 unspecified atom stereocenters. The Morgan fingerprint density at radius 2 is 2.10 bits per heavy atom. The molecule has 2 heterocycles. The Labute approximate surface area is 122 Å². The molecule has 4 atom stereocenters. The number of alkyl halides is 1. The van der Waals surface area contributed by atoms with Gasteiger partial charge in [0.1, 0.15) is 23.5 Å². The fraction of sp³-hybridized carbons (Fsp3) is 0.600. The van der Waals surface area contributed by atoms with E-state index in [1.54, 1.807) is 0 Å². The molecule has 6 nitrogen and oxygen atoms in total. The summed E-state index contributed by atoms with van der Waals surface area (Å²) in [5.74, 6) is -0.819. The van der Waals surface area contributed by atoms with Gasteiger partial charge in [-0.25, -0.2) is 8.78 Å². The van der Waals surface area contributed by atoms with Gasteiger partial charge in [-0.1, -0.05) is 12.2 Å². The minimum Gasteiger partial charge on any atom is -0.393 e. The fourth-order valence-electron chi connectivity index (χ4n) is 2.00. The second-order valence-corrected chi connectivity index (χ2v) is 5.24. The highest BCUT2D eigenvalue weighted by Gasteiger charge is 2.55. The number of aromatic nitrogens is 2. The summed E-state index contributed by atoms with van der Waals surface area (Å²) in [7, 11) is 0. The van der Waals surface area contributed by atoms with E-state index in [9.17, 15) is 19.0 Å². The number of hydrogen-bond donors (Lipinski definition) is 4. The van der Waals surface area contributed by atoms with Crippen LogP contribution in [0.3, 0.4) is 0 Å². The third-order valence-electron chi connectivity index (χ3n) is 3.20. The zero-order valence-corrected chi connectivity index (χ0v) is 11.6. The van der Waals surface area contributed by atoms with Gasteiger partial charge in [-0.05, 0) is 12.2 Å². The summed E-state index contributed by atoms with van der Waals surface area (Å²) in [5.41, 5.74) is -1.97. The Morgan fingerprint density at radius 1 is 1.45 bits per heavy atom. The van der Waals surface area contributed by atoms with E-state index < -0.39 is 43.1 Å². The molecule has 0 aromatic carbocycles. The van der Waals surface area contributed by atoms with Crippen molar-refractivity contribution in [2.75, 3.05) is 13.3 Å². The van der Waals surface area contributed by atoms with Gasteiger partial charge in [0.15, 0.2) is 22.4 Å². The number of aliphatic hydroxyl groups is 3. The van der Waals surface area contributed by atoms with Crippen molar-refractivity contribution in [1.29, 1.82) is 0 Å². The number of aliphatic hydroxyl groups excluding tert-OH is 3. The molecular weight excluding hydrogens is 314 g/mol. The molecule has 1 aliphatic heterocycles. The number of aromatic amines is 1. The number of halogens is 2. The SMILES string of the molecule is OC[C@@]1(CF)O[C@@H](n2cc(F)c(=S)[nH]c2=S)[C@@H](O)C1O. The standard InChI is InChI=1S/C10H12F2N2O4S2/c11-2-10(3-15)6(17)5(16)8(18-10)14-1-4(12)7(19)13-9(14)20/h1,5-6,8,15-17H,2-3H2,(H,13,19,20)/t5-,6?,8+,10+/m0/s1. The Bertz CT molecular complexity index is 616. The molecule has 10 heteroatoms. The predicted octanol–water partition coefficient (Wildman–Crippen LogP) is 0.365. The van der Waals surface area contributed by atoms with E-state index in [0.29, 0.717) is 0 Å². The first kappa shape index (κ1) is 15.6. The number of hydrogen-bond acceptors (Lipinski definition) is 6. The monoisotopic (exact) mass is 326 g/mol. The average Bonchev–Trinajstić information content (AvgIpc) is 2.68. The van der Waals surface area contributed by atoms with Crippen LogP contribution in [0, 0.1) is 15.2 Å². The van der Waals surface area contributed by atoms with Crippen molar-refractivity contribution in [3.05, 3.63) is 21.4 Å². The maximum absolute atomic E-state index is 13.5. The first-order valence-electron chi connectivity index (χ1n) is 5.58. The highest BCUT2D eigenvalue weighted by atomic mass is 32.1. The summed E-state index contributed by atoms with van der Waals surface area (Å²) in [4.78, 5) is 2.37. The summed E-state index contributed by atoms with van der Waals surface area (Å²) in [6.07, 6.45) is -3.74. The zero-order valence-electron chi connectivity index (χ0n) is 9.99. The van der Waals surface area contributed by atoms with Crippen LogP contribution in [0.5, 0.6) is 0 Å². The van der Waals surface area contributed by atoms with E-state index in [-0.39, 0.29) is 9.41 Å². The summed E-state index contributed by atoms with van der Waals surface area (Å²) >= 11 is 9.58. The van der Waals surface area contributed by atoms with Crippen molar-refractivity contribution >= 4 is 24.4 Å². The number of nitrogens with zero attached hydrogens (tertiary/aromatic N) is 1. The van der Waals surface area contributed by atoms with Gasteiger partial charge in [-0.3, -0.25) is 4.57 Å². The molecule has 0 aliphatic carbocycles. The van der Waals surface area contributed by atoms with Crippen molar-refractivity contribution in [2.45, 2.75) is 24.0 Å². The normalized spacial score (nSPS) is 33.5. The molecule has 0 radical (unpaired) electrons. The molecule has 1 fully saturated rings. The third kappa shape index (κ3) is 2.32. The predicted molar refractivity (Wildman–Crippen MR) is 68.3 cm³/mol. The maximum Gasteiger partial charge on any atom is 0.180 e. The van der Waals surface area contributed by atoms with Crippen molar-refractivity contribution in [1.82, 2.24) is 9.55 Å². The smallest absolute Gasteiger partial charge is 0.180 e. The summed E-state index contributed by atoms with van der Waals surface area (Å²) < 4.78 is 32.4. The molecule has 112 valence electrons. The average molecular weight is 326 g/mol. The minimum absolute atomic E-state index is 0.0692. The quantitative estimate of drug-likeness (QED) is 0.600. The fourth-order valence-corrected chi connectivity index (χ4v) is 2.47. The summed E-state index contributed by atoms with van der Waals surface area (Å²) in [5, 5.41) is 28.9. The molecule has 1 saturated heterocycles. The summed E-state index contributed by atoms with van der Waals surface area (Å²) in [6.45, 7) is -2.08. The topological polar surface area (TPSA) is 90.6 Å². The number of rotatable bonds is 3. The lowest BCUT2D eigenvalue weighted by molar-refractivity contribution is -0.138. The van der Waals surface area contributed by atoms with Gasteiger partial charge in [-0.2, -0.15) is 0 Å². The van der Waals surface area contributed by atoms with Crippen molar-refractivity contribution in [3.63, 3.8) is 0 Å². The van der Waals surface area contributed by atoms with Crippen LogP contribution < -0.4 is 0 Å². The molecule has 0 bridgehead atoms. The second kappa shape index (κ2) is 5.54. The number of nitrogens with one attached hydrogen (secondary N) is 1. The first-order chi connectivity index (χ1) is 9.36. The van der Waals surface area contributed by atoms with Gasteiger partial charge in [0.05, 0.1) is 6.61 Å². The van der Waals surface area contributed by atoms with Gasteiger partial charge in [-0.15, -0.1) is 0 Å². The van der Waals surface area contributed by atoms with E-state index in [0.717, 1.165) is 10.8 Å². The molecule has 0 amide bonds. The van der Waals surface area contributed by atoms with Crippen LogP contribution in [0.4, 0.5) is 8.78 Å². The zero-order chi connectivity index (χ0) is 15.1. The molecule has 4 N–H and O–H groups in total. The number of H-pyrrole nitrogens is 1. The molecule has 1 aromatic rings. The van der Waals surface area contributed by atoms with E-state index in [4.69, 9.17) is 22.1 Å². The molecule has 0 spiro atoms. The molecule has 2 rings (SSSR count). The highest BCUT2D eigenvalue weighted by Crippen LogP contribution is 2.37. The molecule has 20 heavy (non-hydrogen) atoms. The Hall–Kier alpha value is -0.780. The maximum atomic E-state index is 13.5. The largest absolute Gasteiger partial charge is 0.393 e. The van der Waals surface area contributed by atoms with Crippen molar-refractivity contribution < 1.29 is 28.8 Å². The van der Waals surface area contributed by atoms with Gasteiger partial charge in [0, 0.05) is 6.20 Å². The lowest BCUT2D eigenvalue weighted by Gasteiger charge is -2.26. The second-order valence-electron chi connectivity index (χ2n) is 4.44. The van der Waals surface area contributed by atoms with Crippen LogP contribution in [0.2, 0.25) is 0 Å². The van der Waals surface area contributed by atoms with Gasteiger partial charge < -0.3 is 25.0 Å². The Morgan fingerprint density at radius 3 is 2.60 bits per heavy atom. The van der Waals surface area contributed by atoms with E-state index in [2.05, 4.69) is 17.2 Å². The van der Waals surface area contributed by atoms with Gasteiger partial charge in [0.25, 0.3) is 0 Å². The third-order valence-corrected chi connectivity index (χ3v) is 3.81. The van der Waals surface area contributed by atoms with Gasteiger partial charge >= 0.3 is 0 Å². The molecule has 1 aromatic heterocycles. The Balaban J connectivity index is 2.47. The molecular formula is C10H12F2N2O4S2. The van der Waals surface area contributed by atoms with Crippen LogP contribution in [0.25, 0.3) is 0 Å². The van der Waals surface area contributed by atoms with Gasteiger partial charge in [0.2, 0.25) is 0 Å². The van der Waals surface area contributed by atoms with Crippen molar-refractivity contribution in [3.8, 4) is 0 Å². The van der Waals surface area contributed by atoms with E-state index in [1.165, 1.54) is 0 Å². The Kier molecular flexibility index (Phi) is 4.33.